The zero-order valence-electron chi connectivity index (χ0n) is 10.2. The topological polar surface area (TPSA) is 43.4 Å². The van der Waals surface area contributed by atoms with Crippen LogP contribution in [0.2, 0.25) is 0 Å². The van der Waals surface area contributed by atoms with Gasteiger partial charge < -0.3 is 4.74 Å². The highest BCUT2D eigenvalue weighted by Gasteiger charge is 2.25. The van der Waals surface area contributed by atoms with Crippen molar-refractivity contribution in [2.24, 2.45) is 5.41 Å². The van der Waals surface area contributed by atoms with E-state index in [0.717, 1.165) is 4.90 Å². The largest absolute Gasteiger partial charge is 0.392 e. The Morgan fingerprint density at radius 2 is 1.76 bits per heavy atom. The molecule has 0 spiro atoms. The summed E-state index contributed by atoms with van der Waals surface area (Å²) in [5.41, 5.74) is -0.646. The predicted molar refractivity (Wildman–Crippen MR) is 67.7 cm³/mol. The maximum absolute atomic E-state index is 11.4. The lowest BCUT2D eigenvalue weighted by atomic mass is 9.97. The monoisotopic (exact) mass is 252 g/mol. The van der Waals surface area contributed by atoms with Crippen molar-refractivity contribution in [1.82, 2.24) is 0 Å². The molecule has 92 valence electrons. The second kappa shape index (κ2) is 5.87. The third kappa shape index (κ3) is 5.04. The van der Waals surface area contributed by atoms with Crippen LogP contribution in [-0.4, -0.2) is 17.7 Å². The molecule has 4 heteroatoms. The van der Waals surface area contributed by atoms with Gasteiger partial charge in [0.2, 0.25) is 0 Å². The minimum absolute atomic E-state index is 0.145. The van der Waals surface area contributed by atoms with Gasteiger partial charge in [-0.05, 0) is 32.9 Å². The first kappa shape index (κ1) is 13.8. The molecule has 1 rings (SSSR count). The molecule has 0 heterocycles. The zero-order valence-corrected chi connectivity index (χ0v) is 11.0. The molecule has 3 nitrogen and oxygen atoms in total. The lowest BCUT2D eigenvalue weighted by Gasteiger charge is -2.14. The van der Waals surface area contributed by atoms with Crippen molar-refractivity contribution in [2.75, 3.05) is 5.75 Å². The summed E-state index contributed by atoms with van der Waals surface area (Å²) < 4.78 is 4.74. The van der Waals surface area contributed by atoms with Crippen molar-refractivity contribution in [3.05, 3.63) is 30.3 Å². The van der Waals surface area contributed by atoms with Crippen LogP contribution < -0.4 is 0 Å². The molecule has 0 aliphatic rings. The third-order valence-electron chi connectivity index (χ3n) is 1.92. The number of hydrogen-bond donors (Lipinski definition) is 0. The fraction of sp³-hybridized carbons (Fsp3) is 0.385. The molecule has 0 aliphatic heterocycles. The van der Waals surface area contributed by atoms with Gasteiger partial charge >= 0.3 is 11.9 Å². The molecule has 0 fully saturated rings. The summed E-state index contributed by atoms with van der Waals surface area (Å²) in [6.45, 7) is 5.15. The van der Waals surface area contributed by atoms with Crippen LogP contribution in [0.5, 0.6) is 0 Å². The van der Waals surface area contributed by atoms with Crippen LogP contribution in [-0.2, 0) is 14.3 Å². The zero-order chi connectivity index (χ0) is 12.9. The first-order valence-corrected chi connectivity index (χ1v) is 6.31. The van der Waals surface area contributed by atoms with E-state index in [1.54, 1.807) is 20.8 Å². The summed E-state index contributed by atoms with van der Waals surface area (Å²) in [4.78, 5) is 23.8. The molecule has 0 bridgehead atoms. The van der Waals surface area contributed by atoms with E-state index in [9.17, 15) is 9.59 Å². The van der Waals surface area contributed by atoms with Gasteiger partial charge in [-0.1, -0.05) is 18.2 Å². The smallest absolute Gasteiger partial charge is 0.323 e. The summed E-state index contributed by atoms with van der Waals surface area (Å²) in [6, 6.07) is 9.51. The predicted octanol–water partition coefficient (Wildman–Crippen LogP) is 2.89. The van der Waals surface area contributed by atoms with Crippen molar-refractivity contribution in [3.8, 4) is 0 Å². The Morgan fingerprint density at radius 3 is 2.29 bits per heavy atom. The van der Waals surface area contributed by atoms with Gasteiger partial charge in [0.25, 0.3) is 0 Å². The van der Waals surface area contributed by atoms with Crippen LogP contribution in [0.4, 0.5) is 0 Å². The Balaban J connectivity index is 2.39. The quantitative estimate of drug-likeness (QED) is 0.471. The molecule has 0 N–H and O–H groups in total. The summed E-state index contributed by atoms with van der Waals surface area (Å²) in [6.07, 6.45) is 0. The standard InChI is InChI=1S/C13H16O3S/c1-13(2,3)12(15)16-11(14)9-17-10-7-5-4-6-8-10/h4-8H,9H2,1-3H3. The van der Waals surface area contributed by atoms with E-state index in [-0.39, 0.29) is 5.75 Å². The lowest BCUT2D eigenvalue weighted by Crippen LogP contribution is -2.26. The first-order valence-electron chi connectivity index (χ1n) is 5.32. The average molecular weight is 252 g/mol. The second-order valence-electron chi connectivity index (χ2n) is 4.61. The number of carbonyl (C=O) groups is 2. The van der Waals surface area contributed by atoms with Crippen LogP contribution in [0.3, 0.4) is 0 Å². The fourth-order valence-electron chi connectivity index (χ4n) is 0.945. The average Bonchev–Trinajstić information content (AvgIpc) is 2.26. The summed E-state index contributed by atoms with van der Waals surface area (Å²) in [5, 5.41) is 0. The Labute approximate surface area is 106 Å². The molecule has 1 aromatic carbocycles. The molecule has 0 aliphatic carbocycles. The minimum Gasteiger partial charge on any atom is -0.392 e. The van der Waals surface area contributed by atoms with Crippen molar-refractivity contribution in [1.29, 1.82) is 0 Å². The van der Waals surface area contributed by atoms with E-state index < -0.39 is 17.4 Å². The van der Waals surface area contributed by atoms with E-state index in [2.05, 4.69) is 0 Å². The molecule has 0 saturated carbocycles. The van der Waals surface area contributed by atoms with Gasteiger partial charge in [0.15, 0.2) is 0 Å². The number of ether oxygens (including phenoxy) is 1. The Bertz CT molecular complexity index is 393. The van der Waals surface area contributed by atoms with Crippen LogP contribution >= 0.6 is 11.8 Å². The summed E-state index contributed by atoms with van der Waals surface area (Å²) in [7, 11) is 0. The number of rotatable bonds is 3. The normalized spacial score (nSPS) is 11.0. The van der Waals surface area contributed by atoms with Gasteiger partial charge in [-0.25, -0.2) is 0 Å². The highest BCUT2D eigenvalue weighted by Crippen LogP contribution is 2.19. The van der Waals surface area contributed by atoms with Gasteiger partial charge in [0.05, 0.1) is 11.2 Å². The maximum atomic E-state index is 11.4. The number of carbonyl (C=O) groups excluding carboxylic acids is 2. The molecular formula is C13H16O3S. The van der Waals surface area contributed by atoms with Crippen LogP contribution in [0.1, 0.15) is 20.8 Å². The number of benzene rings is 1. The third-order valence-corrected chi connectivity index (χ3v) is 2.90. The Hall–Kier alpha value is -1.29. The maximum Gasteiger partial charge on any atom is 0.323 e. The Kier molecular flexibility index (Phi) is 4.75. The highest BCUT2D eigenvalue weighted by atomic mass is 32.2. The van der Waals surface area contributed by atoms with E-state index in [1.165, 1.54) is 11.8 Å². The molecule has 0 unspecified atom stereocenters. The number of thioether (sulfide) groups is 1. The fourth-order valence-corrected chi connectivity index (χ4v) is 1.64. The highest BCUT2D eigenvalue weighted by molar-refractivity contribution is 8.00. The number of esters is 2. The van der Waals surface area contributed by atoms with E-state index in [1.807, 2.05) is 30.3 Å². The van der Waals surface area contributed by atoms with Gasteiger partial charge in [0.1, 0.15) is 0 Å². The SMILES string of the molecule is CC(C)(C)C(=O)OC(=O)CSc1ccccc1. The first-order chi connectivity index (χ1) is 7.89. The van der Waals surface area contributed by atoms with Crippen molar-refractivity contribution < 1.29 is 14.3 Å². The molecule has 0 amide bonds. The van der Waals surface area contributed by atoms with Crippen molar-refractivity contribution in [3.63, 3.8) is 0 Å². The lowest BCUT2D eigenvalue weighted by molar-refractivity contribution is -0.163. The summed E-state index contributed by atoms with van der Waals surface area (Å²) in [5.74, 6) is -0.846. The van der Waals surface area contributed by atoms with Crippen LogP contribution in [0.15, 0.2) is 35.2 Å². The Morgan fingerprint density at radius 1 is 1.18 bits per heavy atom. The molecule has 0 aromatic heterocycles. The number of hydrogen-bond acceptors (Lipinski definition) is 4. The van der Waals surface area contributed by atoms with Crippen molar-refractivity contribution in [2.45, 2.75) is 25.7 Å². The van der Waals surface area contributed by atoms with E-state index in [4.69, 9.17) is 4.74 Å². The van der Waals surface area contributed by atoms with Crippen LogP contribution in [0, 0.1) is 5.41 Å². The second-order valence-corrected chi connectivity index (χ2v) is 5.66. The minimum atomic E-state index is -0.646. The van der Waals surface area contributed by atoms with Gasteiger partial charge in [0, 0.05) is 4.90 Å². The van der Waals surface area contributed by atoms with Gasteiger partial charge in [-0.3, -0.25) is 9.59 Å². The summed E-state index contributed by atoms with van der Waals surface area (Å²) >= 11 is 1.35. The van der Waals surface area contributed by atoms with Crippen molar-refractivity contribution >= 4 is 23.7 Å². The molecular weight excluding hydrogens is 236 g/mol. The van der Waals surface area contributed by atoms with Gasteiger partial charge in [-0.15, -0.1) is 11.8 Å². The van der Waals surface area contributed by atoms with Gasteiger partial charge in [-0.2, -0.15) is 0 Å². The molecule has 0 radical (unpaired) electrons. The molecule has 0 atom stereocenters. The molecule has 17 heavy (non-hydrogen) atoms. The molecule has 0 saturated heterocycles. The van der Waals surface area contributed by atoms with E-state index in [0.29, 0.717) is 0 Å². The molecule has 1 aromatic rings. The van der Waals surface area contributed by atoms with Crippen LogP contribution in [0.25, 0.3) is 0 Å². The van der Waals surface area contributed by atoms with E-state index >= 15 is 0 Å².